The molecule has 2 aliphatic heterocycles. The normalized spacial score (nSPS) is 27.8. The number of amides is 6. The molecule has 0 bridgehead atoms. The van der Waals surface area contributed by atoms with Crippen molar-refractivity contribution in [1.82, 2.24) is 9.91 Å². The first-order valence-corrected chi connectivity index (χ1v) is 16.5. The van der Waals surface area contributed by atoms with Crippen molar-refractivity contribution in [3.05, 3.63) is 98.0 Å². The predicted octanol–water partition coefficient (Wildman–Crippen LogP) is 5.53. The van der Waals surface area contributed by atoms with Gasteiger partial charge in [-0.05, 0) is 72.9 Å². The Balaban J connectivity index is 1.48. The molecule has 2 aliphatic carbocycles. The van der Waals surface area contributed by atoms with Gasteiger partial charge >= 0.3 is 6.03 Å². The van der Waals surface area contributed by atoms with Gasteiger partial charge in [-0.25, -0.2) is 4.79 Å². The van der Waals surface area contributed by atoms with Crippen LogP contribution >= 0.6 is 39.1 Å². The Kier molecular flexibility index (Phi) is 7.80. The van der Waals surface area contributed by atoms with E-state index in [-0.39, 0.29) is 29.3 Å². The molecule has 0 unspecified atom stereocenters. The Morgan fingerprint density at radius 3 is 2.40 bits per heavy atom. The van der Waals surface area contributed by atoms with Crippen molar-refractivity contribution in [3.8, 4) is 11.5 Å². The van der Waals surface area contributed by atoms with E-state index in [9.17, 15) is 24.3 Å². The van der Waals surface area contributed by atoms with Crippen LogP contribution in [0.3, 0.4) is 0 Å². The number of phenols is 1. The number of hydrogen-bond acceptors (Lipinski definition) is 8. The summed E-state index contributed by atoms with van der Waals surface area (Å²) >= 11 is 16.1. The van der Waals surface area contributed by atoms with Crippen LogP contribution in [-0.2, 0) is 24.6 Å². The number of likely N-dealkylation sites (tertiary alicyclic amines) is 1. The van der Waals surface area contributed by atoms with Crippen LogP contribution in [0.1, 0.15) is 29.9 Å². The number of carbonyl (C=O) groups is 5. The van der Waals surface area contributed by atoms with Gasteiger partial charge in [-0.2, -0.15) is 9.91 Å². The Hall–Kier alpha value is -4.39. The van der Waals surface area contributed by atoms with Crippen LogP contribution in [-0.4, -0.2) is 51.8 Å². The first-order chi connectivity index (χ1) is 22.9. The zero-order valence-corrected chi connectivity index (χ0v) is 28.3. The van der Waals surface area contributed by atoms with Crippen LogP contribution in [0, 0.1) is 23.7 Å². The maximum Gasteiger partial charge on any atom is 0.328 e. The number of hydrazine groups is 1. The lowest BCUT2D eigenvalue weighted by Gasteiger charge is -2.50. The number of nitrogens with zero attached hydrogens (tertiary/aromatic N) is 2. The number of urea groups is 1. The van der Waals surface area contributed by atoms with Crippen molar-refractivity contribution in [1.29, 1.82) is 0 Å². The lowest BCUT2D eigenvalue weighted by Crippen LogP contribution is -2.53. The summed E-state index contributed by atoms with van der Waals surface area (Å²) in [5, 5.41) is 12.9. The number of aromatic hydroxyl groups is 1. The van der Waals surface area contributed by atoms with Crippen molar-refractivity contribution in [3.63, 3.8) is 0 Å². The summed E-state index contributed by atoms with van der Waals surface area (Å²) in [7, 11) is 1.51. The molecule has 246 valence electrons. The number of hydrogen-bond donors (Lipinski definition) is 3. The number of nitrogens with two attached hydrogens (primary N) is 1. The highest BCUT2D eigenvalue weighted by Gasteiger charge is 2.71. The highest BCUT2D eigenvalue weighted by atomic mass is 79.9. The number of benzene rings is 3. The molecule has 11 nitrogen and oxygen atoms in total. The molecule has 14 heteroatoms. The number of anilines is 1. The van der Waals surface area contributed by atoms with Crippen molar-refractivity contribution in [2.45, 2.75) is 24.2 Å². The van der Waals surface area contributed by atoms with Crippen molar-refractivity contribution in [2.24, 2.45) is 29.4 Å². The number of allylic oxidation sites excluding steroid dienone is 2. The van der Waals surface area contributed by atoms with Gasteiger partial charge in [-0.1, -0.05) is 62.9 Å². The number of halogens is 3. The number of nitrogens with one attached hydrogen (secondary N) is 1. The summed E-state index contributed by atoms with van der Waals surface area (Å²) in [5.41, 5.74) is 8.36. The molecule has 4 aliphatic rings. The second-order valence-corrected chi connectivity index (χ2v) is 14.0. The van der Waals surface area contributed by atoms with Crippen LogP contribution in [0.2, 0.25) is 10.0 Å². The molecule has 48 heavy (non-hydrogen) atoms. The smallest absolute Gasteiger partial charge is 0.328 e. The summed E-state index contributed by atoms with van der Waals surface area (Å²) in [4.78, 5) is 69.6. The van der Waals surface area contributed by atoms with Gasteiger partial charge in [0.25, 0.3) is 11.8 Å². The average Bonchev–Trinajstić information content (AvgIpc) is 3.44. The zero-order chi connectivity index (χ0) is 34.2. The van der Waals surface area contributed by atoms with Gasteiger partial charge < -0.3 is 15.6 Å². The molecule has 0 aromatic heterocycles. The van der Waals surface area contributed by atoms with E-state index in [1.54, 1.807) is 54.6 Å². The molecule has 3 aromatic rings. The van der Waals surface area contributed by atoms with Gasteiger partial charge in [0.15, 0.2) is 0 Å². The van der Waals surface area contributed by atoms with E-state index in [4.69, 9.17) is 33.7 Å². The molecule has 4 N–H and O–H groups in total. The third-order valence-corrected chi connectivity index (χ3v) is 11.1. The number of phenolic OH excluding ortho intramolecular Hbond substituents is 1. The standard InChI is InChI=1S/C34H27BrCl2N4O7/c1-48-18-6-2-15(3-7-18)34-23(30(44)41(32(34)46)39-25-10-5-17(36)13-24(25)37)14-21-19(28(34)22-12-16(35)4-11-26(22)42)8-9-20-27(21)31(45)40(29(20)43)33(38)47/h2-8,10-13,20-21,23,27-28,39,42H,9,14H2,1H3,(H2,38,47)/t20-,21+,23-,27-,28+,34+/m0/s1. The molecule has 7 rings (SSSR count). The number of fused-ring (bicyclic) bond motifs is 4. The molecule has 6 atom stereocenters. The topological polar surface area (TPSA) is 159 Å². The van der Waals surface area contributed by atoms with Gasteiger partial charge in [0.1, 0.15) is 11.5 Å². The fourth-order valence-corrected chi connectivity index (χ4v) is 8.99. The van der Waals surface area contributed by atoms with E-state index in [0.717, 1.165) is 5.01 Å². The molecule has 0 spiro atoms. The van der Waals surface area contributed by atoms with Gasteiger partial charge in [0, 0.05) is 21.0 Å². The third-order valence-electron chi connectivity index (χ3n) is 10.1. The quantitative estimate of drug-likeness (QED) is 0.227. The summed E-state index contributed by atoms with van der Waals surface area (Å²) in [5.74, 6) is -7.03. The van der Waals surface area contributed by atoms with Gasteiger partial charge in [0.05, 0.1) is 41.0 Å². The SMILES string of the molecule is COc1ccc([C@@]23C(=O)N(Nc4ccc(Cl)cc4Cl)C(=O)[C@@H]2C[C@@H]2C(=CC[C@@H]4C(=O)N(C(N)=O)C(=O)[C@@H]42)[C@@H]3c2cc(Br)ccc2O)cc1. The van der Waals surface area contributed by atoms with Crippen LogP contribution in [0.25, 0.3) is 0 Å². The molecule has 3 fully saturated rings. The maximum absolute atomic E-state index is 15.2. The third kappa shape index (κ3) is 4.56. The van der Waals surface area contributed by atoms with Crippen LogP contribution in [0.5, 0.6) is 11.5 Å². The van der Waals surface area contributed by atoms with E-state index in [2.05, 4.69) is 21.4 Å². The largest absolute Gasteiger partial charge is 0.508 e. The first-order valence-electron chi connectivity index (χ1n) is 15.0. The van der Waals surface area contributed by atoms with Gasteiger partial charge in [-0.3, -0.25) is 24.6 Å². The molecular weight excluding hydrogens is 727 g/mol. The van der Waals surface area contributed by atoms with Gasteiger partial charge in [-0.15, -0.1) is 0 Å². The van der Waals surface area contributed by atoms with Crippen LogP contribution in [0.15, 0.2) is 76.8 Å². The Morgan fingerprint density at radius 1 is 1.00 bits per heavy atom. The van der Waals surface area contributed by atoms with E-state index >= 15 is 4.79 Å². The number of ether oxygens (including phenoxy) is 1. The lowest BCUT2D eigenvalue weighted by molar-refractivity contribution is -0.139. The van der Waals surface area contributed by atoms with Crippen molar-refractivity contribution >= 4 is 74.5 Å². The minimum Gasteiger partial charge on any atom is -0.508 e. The predicted molar refractivity (Wildman–Crippen MR) is 178 cm³/mol. The highest BCUT2D eigenvalue weighted by Crippen LogP contribution is 2.65. The number of methoxy groups -OCH3 is 1. The maximum atomic E-state index is 15.2. The van der Waals surface area contributed by atoms with Crippen molar-refractivity contribution < 1.29 is 33.8 Å². The number of rotatable bonds is 5. The fraction of sp³-hybridized carbons (Fsp3) is 0.265. The monoisotopic (exact) mass is 752 g/mol. The van der Waals surface area contributed by atoms with Crippen LogP contribution in [0.4, 0.5) is 10.5 Å². The highest BCUT2D eigenvalue weighted by molar-refractivity contribution is 9.10. The lowest BCUT2D eigenvalue weighted by atomic mass is 9.49. The molecule has 2 saturated heterocycles. The molecular formula is C34H27BrCl2N4O7. The van der Waals surface area contributed by atoms with Gasteiger partial charge in [0.2, 0.25) is 11.8 Å². The molecule has 0 radical (unpaired) electrons. The first kappa shape index (κ1) is 32.2. The number of primary amides is 1. The minimum atomic E-state index is -1.66. The molecule has 3 aromatic carbocycles. The summed E-state index contributed by atoms with van der Waals surface area (Å²) in [6.07, 6.45) is 1.87. The molecule has 2 heterocycles. The second-order valence-electron chi connectivity index (χ2n) is 12.3. The summed E-state index contributed by atoms with van der Waals surface area (Å²) in [6.45, 7) is 0. The second kappa shape index (κ2) is 11.6. The molecule has 6 amide bonds. The minimum absolute atomic E-state index is 0.0208. The Morgan fingerprint density at radius 2 is 1.73 bits per heavy atom. The Labute approximate surface area is 292 Å². The van der Waals surface area contributed by atoms with Crippen LogP contribution < -0.4 is 15.9 Å². The van der Waals surface area contributed by atoms with E-state index in [1.807, 2.05) is 0 Å². The fourth-order valence-electron chi connectivity index (χ4n) is 8.16. The molecule has 1 saturated carbocycles. The van der Waals surface area contributed by atoms with E-state index in [0.29, 0.717) is 36.8 Å². The van der Waals surface area contributed by atoms with E-state index in [1.165, 1.54) is 19.2 Å². The zero-order valence-electron chi connectivity index (χ0n) is 25.2. The van der Waals surface area contributed by atoms with E-state index < -0.39 is 64.7 Å². The number of carbonyl (C=O) groups excluding carboxylic acids is 5. The van der Waals surface area contributed by atoms with Crippen molar-refractivity contribution in [2.75, 3.05) is 12.5 Å². The summed E-state index contributed by atoms with van der Waals surface area (Å²) < 4.78 is 5.99. The number of imide groups is 4. The Bertz CT molecular complexity index is 1970. The summed E-state index contributed by atoms with van der Waals surface area (Å²) in [6, 6.07) is 15.0. The average molecular weight is 754 g/mol.